The number of anilines is 1. The van der Waals surface area contributed by atoms with Crippen molar-refractivity contribution in [3.05, 3.63) is 78.4 Å². The lowest BCUT2D eigenvalue weighted by molar-refractivity contribution is 0.172. The van der Waals surface area contributed by atoms with Crippen LogP contribution in [0.4, 0.5) is 5.69 Å². The summed E-state index contributed by atoms with van der Waals surface area (Å²) in [5, 5.41) is 6.67. The Morgan fingerprint density at radius 1 is 1.06 bits per heavy atom. The second kappa shape index (κ2) is 14.0. The zero-order chi connectivity index (χ0) is 23.1. The second-order valence-corrected chi connectivity index (χ2v) is 7.67. The second-order valence-electron chi connectivity index (χ2n) is 7.67. The highest BCUT2D eigenvalue weighted by Crippen LogP contribution is 2.17. The molecular weight excluding hydrogens is 414 g/mol. The van der Waals surface area contributed by atoms with Crippen LogP contribution in [0, 0.1) is 0 Å². The Bertz CT molecular complexity index is 972. The van der Waals surface area contributed by atoms with Gasteiger partial charge in [0, 0.05) is 57.4 Å². The van der Waals surface area contributed by atoms with E-state index in [0.717, 1.165) is 49.6 Å². The van der Waals surface area contributed by atoms with Crippen LogP contribution < -0.4 is 15.4 Å². The number of aryl methyl sites for hydroxylation is 2. The average molecular weight is 450 g/mol. The molecule has 0 fully saturated rings. The molecule has 0 spiro atoms. The molecule has 176 valence electrons. The molecule has 0 radical (unpaired) electrons. The van der Waals surface area contributed by atoms with E-state index in [1.54, 1.807) is 7.11 Å². The van der Waals surface area contributed by atoms with Crippen LogP contribution in [0.15, 0.2) is 72.0 Å². The van der Waals surface area contributed by atoms with Gasteiger partial charge < -0.3 is 24.7 Å². The van der Waals surface area contributed by atoms with Crippen molar-refractivity contribution in [3.63, 3.8) is 0 Å². The number of imidazole rings is 1. The van der Waals surface area contributed by atoms with Gasteiger partial charge in [-0.3, -0.25) is 0 Å². The summed E-state index contributed by atoms with van der Waals surface area (Å²) in [6, 6.07) is 18.5. The van der Waals surface area contributed by atoms with Crippen molar-refractivity contribution in [3.8, 4) is 5.75 Å². The van der Waals surface area contributed by atoms with Gasteiger partial charge in [0.1, 0.15) is 18.1 Å². The number of methoxy groups -OCH3 is 1. The molecule has 33 heavy (non-hydrogen) atoms. The van der Waals surface area contributed by atoms with E-state index < -0.39 is 0 Å². The zero-order valence-corrected chi connectivity index (χ0v) is 19.7. The first-order valence-electron chi connectivity index (χ1n) is 11.6. The first-order chi connectivity index (χ1) is 16.3. The van der Waals surface area contributed by atoms with Crippen molar-refractivity contribution in [1.29, 1.82) is 0 Å². The van der Waals surface area contributed by atoms with Crippen molar-refractivity contribution >= 4 is 11.6 Å². The van der Waals surface area contributed by atoms with Crippen LogP contribution in [0.5, 0.6) is 5.75 Å². The van der Waals surface area contributed by atoms with Crippen molar-refractivity contribution in [1.82, 2.24) is 14.9 Å². The fraction of sp³-hybridized carbons (Fsp3) is 0.385. The number of benzene rings is 2. The maximum absolute atomic E-state index is 5.80. The SMILES string of the molecule is CCNC(=NCc1nccn1CCCc1ccccc1)Nc1cccc(OCCCOC)c1. The third-order valence-corrected chi connectivity index (χ3v) is 5.09. The Balaban J connectivity index is 1.55. The van der Waals surface area contributed by atoms with E-state index in [0.29, 0.717) is 25.7 Å². The lowest BCUT2D eigenvalue weighted by Crippen LogP contribution is -2.30. The minimum Gasteiger partial charge on any atom is -0.493 e. The van der Waals surface area contributed by atoms with Crippen molar-refractivity contribution < 1.29 is 9.47 Å². The van der Waals surface area contributed by atoms with E-state index in [9.17, 15) is 0 Å². The summed E-state index contributed by atoms with van der Waals surface area (Å²) in [5.41, 5.74) is 2.28. The number of ether oxygens (including phenoxy) is 2. The highest BCUT2D eigenvalue weighted by molar-refractivity contribution is 5.93. The number of aliphatic imine (C=N–C) groups is 1. The van der Waals surface area contributed by atoms with E-state index >= 15 is 0 Å². The van der Waals surface area contributed by atoms with Crippen LogP contribution in [0.1, 0.15) is 31.2 Å². The molecule has 2 N–H and O–H groups in total. The number of nitrogens with zero attached hydrogens (tertiary/aromatic N) is 3. The van der Waals surface area contributed by atoms with Gasteiger partial charge in [0.05, 0.1) is 6.61 Å². The molecule has 0 saturated heterocycles. The zero-order valence-electron chi connectivity index (χ0n) is 19.7. The standard InChI is InChI=1S/C26H35N5O2/c1-3-27-26(30-23-13-7-14-24(20-23)33-19-9-18-32-2)29-21-25-28-15-17-31(25)16-8-12-22-10-5-4-6-11-22/h4-7,10-11,13-15,17,20H,3,8-9,12,16,18-19,21H2,1-2H3,(H2,27,29,30). The molecule has 3 aromatic rings. The van der Waals surface area contributed by atoms with Gasteiger partial charge in [-0.1, -0.05) is 36.4 Å². The van der Waals surface area contributed by atoms with Gasteiger partial charge in [0.2, 0.25) is 0 Å². The highest BCUT2D eigenvalue weighted by Gasteiger charge is 2.05. The summed E-state index contributed by atoms with van der Waals surface area (Å²) in [5.74, 6) is 2.49. The third-order valence-electron chi connectivity index (χ3n) is 5.09. The fourth-order valence-corrected chi connectivity index (χ4v) is 3.44. The van der Waals surface area contributed by atoms with E-state index in [2.05, 4.69) is 57.4 Å². The molecule has 0 saturated carbocycles. The normalized spacial score (nSPS) is 11.4. The average Bonchev–Trinajstić information content (AvgIpc) is 3.29. The highest BCUT2D eigenvalue weighted by atomic mass is 16.5. The number of aromatic nitrogens is 2. The minimum atomic E-state index is 0.501. The summed E-state index contributed by atoms with van der Waals surface area (Å²) in [7, 11) is 1.70. The first-order valence-corrected chi connectivity index (χ1v) is 11.6. The van der Waals surface area contributed by atoms with Crippen molar-refractivity contribution in [2.75, 3.05) is 32.2 Å². The maximum atomic E-state index is 5.80. The Labute approximate surface area is 196 Å². The number of hydrogen-bond donors (Lipinski definition) is 2. The first kappa shape index (κ1) is 24.3. The van der Waals surface area contributed by atoms with Crippen LogP contribution >= 0.6 is 0 Å². The number of guanidine groups is 1. The minimum absolute atomic E-state index is 0.501. The molecule has 0 aliphatic carbocycles. The molecule has 1 heterocycles. The molecule has 0 amide bonds. The molecular formula is C26H35N5O2. The molecule has 7 nitrogen and oxygen atoms in total. The molecule has 2 aromatic carbocycles. The summed E-state index contributed by atoms with van der Waals surface area (Å²) in [6.45, 7) is 5.56. The summed E-state index contributed by atoms with van der Waals surface area (Å²) < 4.78 is 13.1. The third kappa shape index (κ3) is 8.61. The molecule has 3 rings (SSSR count). The Kier molecular flexibility index (Phi) is 10.3. The Morgan fingerprint density at radius 2 is 1.94 bits per heavy atom. The van der Waals surface area contributed by atoms with Crippen LogP contribution in [-0.2, 0) is 24.2 Å². The molecule has 0 bridgehead atoms. The lowest BCUT2D eigenvalue weighted by atomic mass is 10.1. The van der Waals surface area contributed by atoms with E-state index in [1.807, 2.05) is 36.7 Å². The Morgan fingerprint density at radius 3 is 2.76 bits per heavy atom. The molecule has 0 atom stereocenters. The van der Waals surface area contributed by atoms with Crippen LogP contribution in [0.25, 0.3) is 0 Å². The van der Waals surface area contributed by atoms with Crippen LogP contribution in [0.3, 0.4) is 0 Å². The number of nitrogens with one attached hydrogen (secondary N) is 2. The molecule has 7 heteroatoms. The Hall–Kier alpha value is -3.32. The molecule has 0 unspecified atom stereocenters. The fourth-order valence-electron chi connectivity index (χ4n) is 3.44. The van der Waals surface area contributed by atoms with Crippen LogP contribution in [0.2, 0.25) is 0 Å². The number of rotatable bonds is 13. The van der Waals surface area contributed by atoms with E-state index in [4.69, 9.17) is 14.5 Å². The largest absolute Gasteiger partial charge is 0.493 e. The lowest BCUT2D eigenvalue weighted by Gasteiger charge is -2.13. The summed E-state index contributed by atoms with van der Waals surface area (Å²) in [4.78, 5) is 9.26. The van der Waals surface area contributed by atoms with Gasteiger partial charge >= 0.3 is 0 Å². The maximum Gasteiger partial charge on any atom is 0.196 e. The summed E-state index contributed by atoms with van der Waals surface area (Å²) >= 11 is 0. The monoisotopic (exact) mass is 449 g/mol. The van der Waals surface area contributed by atoms with Crippen molar-refractivity contribution in [2.24, 2.45) is 4.99 Å². The predicted molar refractivity (Wildman–Crippen MR) is 134 cm³/mol. The van der Waals surface area contributed by atoms with Gasteiger partial charge in [-0.15, -0.1) is 0 Å². The smallest absolute Gasteiger partial charge is 0.196 e. The van der Waals surface area contributed by atoms with E-state index in [-0.39, 0.29) is 0 Å². The van der Waals surface area contributed by atoms with Crippen LogP contribution in [-0.4, -0.2) is 42.4 Å². The number of hydrogen-bond acceptors (Lipinski definition) is 4. The van der Waals surface area contributed by atoms with Gasteiger partial charge in [-0.2, -0.15) is 0 Å². The van der Waals surface area contributed by atoms with Gasteiger partial charge in [-0.05, 0) is 37.5 Å². The van der Waals surface area contributed by atoms with Gasteiger partial charge in [0.25, 0.3) is 0 Å². The van der Waals surface area contributed by atoms with Crippen molar-refractivity contribution in [2.45, 2.75) is 39.3 Å². The predicted octanol–water partition coefficient (Wildman–Crippen LogP) is 4.51. The van der Waals surface area contributed by atoms with E-state index in [1.165, 1.54) is 5.56 Å². The summed E-state index contributed by atoms with van der Waals surface area (Å²) in [6.07, 6.45) is 6.84. The molecule has 0 aliphatic rings. The molecule has 1 aromatic heterocycles. The molecule has 0 aliphatic heterocycles. The quantitative estimate of drug-likeness (QED) is 0.228. The topological polar surface area (TPSA) is 72.7 Å². The van der Waals surface area contributed by atoms with Gasteiger partial charge in [0.15, 0.2) is 5.96 Å². The van der Waals surface area contributed by atoms with Gasteiger partial charge in [-0.25, -0.2) is 9.98 Å².